The highest BCUT2D eigenvalue weighted by Gasteiger charge is 2.35. The van der Waals surface area contributed by atoms with Crippen LogP contribution in [0.4, 0.5) is 18.9 Å². The van der Waals surface area contributed by atoms with Gasteiger partial charge in [-0.15, -0.1) is 0 Å². The summed E-state index contributed by atoms with van der Waals surface area (Å²) in [5.41, 5.74) is -0.954. The zero-order chi connectivity index (χ0) is 28.0. The molecule has 0 aliphatic rings. The largest absolute Gasteiger partial charge is 0.417 e. The third kappa shape index (κ3) is 8.89. The monoisotopic (exact) mass is 625 g/mol. The molecule has 0 aliphatic carbocycles. The first kappa shape index (κ1) is 30.9. The maximum Gasteiger partial charge on any atom is 0.417 e. The van der Waals surface area contributed by atoms with Crippen LogP contribution in [0.2, 0.25) is 5.02 Å². The fourth-order valence-electron chi connectivity index (χ4n) is 3.45. The van der Waals surface area contributed by atoms with Gasteiger partial charge in [0, 0.05) is 17.6 Å². The quantitative estimate of drug-likeness (QED) is 0.347. The molecule has 37 heavy (non-hydrogen) atoms. The molecule has 204 valence electrons. The molecule has 0 radical (unpaired) electrons. The van der Waals surface area contributed by atoms with Crippen molar-refractivity contribution in [3.63, 3.8) is 0 Å². The summed E-state index contributed by atoms with van der Waals surface area (Å²) in [7, 11) is -4.20. The van der Waals surface area contributed by atoms with E-state index in [4.69, 9.17) is 11.6 Å². The predicted molar refractivity (Wildman–Crippen MR) is 141 cm³/mol. The van der Waals surface area contributed by atoms with E-state index < -0.39 is 51.2 Å². The van der Waals surface area contributed by atoms with Crippen LogP contribution in [0.3, 0.4) is 0 Å². The molecule has 0 unspecified atom stereocenters. The van der Waals surface area contributed by atoms with Gasteiger partial charge in [0.2, 0.25) is 21.8 Å². The number of hydrogen-bond acceptors (Lipinski definition) is 4. The highest BCUT2D eigenvalue weighted by molar-refractivity contribution is 9.10. The molecular formula is C24H28BrClF3N3O4S. The van der Waals surface area contributed by atoms with E-state index in [0.29, 0.717) is 22.5 Å². The molecule has 1 N–H and O–H groups in total. The van der Waals surface area contributed by atoms with Crippen molar-refractivity contribution in [3.05, 3.63) is 63.1 Å². The Hall–Kier alpha value is -2.31. The summed E-state index contributed by atoms with van der Waals surface area (Å²) < 4.78 is 66.6. The molecule has 0 spiro atoms. The molecular weight excluding hydrogens is 599 g/mol. The Balaban J connectivity index is 2.44. The van der Waals surface area contributed by atoms with Gasteiger partial charge in [-0.05, 0) is 49.2 Å². The summed E-state index contributed by atoms with van der Waals surface area (Å²) in [6.45, 7) is 3.01. The Morgan fingerprint density at radius 3 is 2.41 bits per heavy atom. The maximum absolute atomic E-state index is 13.5. The molecule has 0 saturated carbocycles. The normalized spacial score (nSPS) is 12.6. The molecule has 2 aromatic carbocycles. The third-order valence-electron chi connectivity index (χ3n) is 5.46. The Morgan fingerprint density at radius 1 is 1.16 bits per heavy atom. The Bertz CT molecular complexity index is 1230. The van der Waals surface area contributed by atoms with Crippen molar-refractivity contribution in [2.24, 2.45) is 0 Å². The van der Waals surface area contributed by atoms with Crippen molar-refractivity contribution >= 4 is 55.1 Å². The van der Waals surface area contributed by atoms with Crippen LogP contribution < -0.4 is 9.62 Å². The van der Waals surface area contributed by atoms with E-state index in [1.807, 2.05) is 6.92 Å². The minimum atomic E-state index is -4.84. The van der Waals surface area contributed by atoms with Gasteiger partial charge in [-0.2, -0.15) is 13.2 Å². The van der Waals surface area contributed by atoms with Crippen molar-refractivity contribution < 1.29 is 31.2 Å². The van der Waals surface area contributed by atoms with E-state index in [0.717, 1.165) is 35.7 Å². The number of anilines is 1. The van der Waals surface area contributed by atoms with Crippen LogP contribution in [0, 0.1) is 0 Å². The first-order valence-electron chi connectivity index (χ1n) is 11.3. The summed E-state index contributed by atoms with van der Waals surface area (Å²) in [6, 6.07) is 8.60. The number of carbonyl (C=O) groups excluding carboxylic acids is 2. The second kappa shape index (κ2) is 13.0. The number of nitrogens with one attached hydrogen (secondary N) is 1. The third-order valence-corrected chi connectivity index (χ3v) is 7.42. The number of rotatable bonds is 11. The van der Waals surface area contributed by atoms with E-state index >= 15 is 0 Å². The molecule has 0 fully saturated rings. The summed E-state index contributed by atoms with van der Waals surface area (Å²) >= 11 is 9.03. The Kier molecular flexibility index (Phi) is 10.8. The number of alkyl halides is 3. The standard InChI is InChI=1S/C24H28BrClF3N3O4S/c1-4-5-11-30-23(34)16(2)31(14-17-7-6-8-18(25)12-17)22(33)15-32(37(3,35)36)19-9-10-21(26)20(13-19)24(27,28)29/h6-10,12-13,16H,4-5,11,14-15H2,1-3H3,(H,30,34)/t16-/m0/s1. The van der Waals surface area contributed by atoms with Crippen molar-refractivity contribution in [3.8, 4) is 0 Å². The van der Waals surface area contributed by atoms with Gasteiger partial charge in [0.1, 0.15) is 12.6 Å². The molecule has 13 heteroatoms. The number of sulfonamides is 1. The van der Waals surface area contributed by atoms with Crippen LogP contribution in [0.5, 0.6) is 0 Å². The SMILES string of the molecule is CCCCNC(=O)[C@H](C)N(Cc1cccc(Br)c1)C(=O)CN(c1ccc(Cl)c(C(F)(F)F)c1)S(C)(=O)=O. The van der Waals surface area contributed by atoms with Crippen molar-refractivity contribution in [1.82, 2.24) is 10.2 Å². The summed E-state index contributed by atoms with van der Waals surface area (Å²) in [5, 5.41) is 2.14. The van der Waals surface area contributed by atoms with E-state index in [2.05, 4.69) is 21.2 Å². The average Bonchev–Trinajstić information content (AvgIpc) is 2.79. The van der Waals surface area contributed by atoms with Crippen molar-refractivity contribution in [2.45, 2.75) is 45.5 Å². The van der Waals surface area contributed by atoms with Crippen molar-refractivity contribution in [1.29, 1.82) is 0 Å². The lowest BCUT2D eigenvalue weighted by Crippen LogP contribution is -2.51. The Morgan fingerprint density at radius 2 is 1.84 bits per heavy atom. The number of amides is 2. The topological polar surface area (TPSA) is 86.8 Å². The number of unbranched alkanes of at least 4 members (excludes halogenated alkanes) is 1. The second-order valence-electron chi connectivity index (χ2n) is 8.40. The van der Waals surface area contributed by atoms with Gasteiger partial charge in [-0.25, -0.2) is 8.42 Å². The molecule has 2 rings (SSSR count). The lowest BCUT2D eigenvalue weighted by atomic mass is 10.1. The number of carbonyl (C=O) groups is 2. The number of nitrogens with zero attached hydrogens (tertiary/aromatic N) is 2. The smallest absolute Gasteiger partial charge is 0.354 e. The maximum atomic E-state index is 13.5. The van der Waals surface area contributed by atoms with E-state index in [1.165, 1.54) is 11.8 Å². The van der Waals surface area contributed by atoms with Crippen LogP contribution >= 0.6 is 27.5 Å². The molecule has 0 bridgehead atoms. The molecule has 0 aliphatic heterocycles. The van der Waals surface area contributed by atoms with E-state index in [1.54, 1.807) is 24.3 Å². The molecule has 0 aromatic heterocycles. The molecule has 2 aromatic rings. The zero-order valence-corrected chi connectivity index (χ0v) is 23.6. The van der Waals surface area contributed by atoms with Gasteiger partial charge in [0.15, 0.2) is 0 Å². The Labute approximate surface area is 228 Å². The number of hydrogen-bond donors (Lipinski definition) is 1. The van der Waals surface area contributed by atoms with Crippen LogP contribution in [-0.4, -0.2) is 50.5 Å². The highest BCUT2D eigenvalue weighted by atomic mass is 79.9. The average molecular weight is 627 g/mol. The molecule has 2 amide bonds. The minimum Gasteiger partial charge on any atom is -0.354 e. The van der Waals surface area contributed by atoms with Crippen LogP contribution in [0.25, 0.3) is 0 Å². The minimum absolute atomic E-state index is 0.0351. The first-order chi connectivity index (χ1) is 17.1. The van der Waals surface area contributed by atoms with Gasteiger partial charge in [-0.1, -0.05) is 53.0 Å². The van der Waals surface area contributed by atoms with Gasteiger partial charge >= 0.3 is 6.18 Å². The molecule has 0 saturated heterocycles. The summed E-state index contributed by atoms with van der Waals surface area (Å²) in [4.78, 5) is 27.4. The number of halogens is 5. The van der Waals surface area contributed by atoms with Crippen LogP contribution in [0.1, 0.15) is 37.8 Å². The molecule has 7 nitrogen and oxygen atoms in total. The summed E-state index contributed by atoms with van der Waals surface area (Å²) in [6.07, 6.45) is -2.47. The van der Waals surface area contributed by atoms with Gasteiger partial charge in [0.25, 0.3) is 0 Å². The zero-order valence-electron chi connectivity index (χ0n) is 20.5. The lowest BCUT2D eigenvalue weighted by molar-refractivity contribution is -0.139. The predicted octanol–water partition coefficient (Wildman–Crippen LogP) is 5.22. The fraction of sp³-hybridized carbons (Fsp3) is 0.417. The highest BCUT2D eigenvalue weighted by Crippen LogP contribution is 2.37. The van der Waals surface area contributed by atoms with Crippen LogP contribution in [0.15, 0.2) is 46.9 Å². The van der Waals surface area contributed by atoms with Crippen LogP contribution in [-0.2, 0) is 32.3 Å². The fourth-order valence-corrected chi connectivity index (χ4v) is 4.96. The van der Waals surface area contributed by atoms with Gasteiger partial charge in [0.05, 0.1) is 22.5 Å². The van der Waals surface area contributed by atoms with Gasteiger partial charge in [-0.3, -0.25) is 13.9 Å². The van der Waals surface area contributed by atoms with Gasteiger partial charge < -0.3 is 10.2 Å². The summed E-state index contributed by atoms with van der Waals surface area (Å²) in [5.74, 6) is -1.21. The first-order valence-corrected chi connectivity index (χ1v) is 14.3. The van der Waals surface area contributed by atoms with Crippen molar-refractivity contribution in [2.75, 3.05) is 23.7 Å². The van der Waals surface area contributed by atoms with E-state index in [-0.39, 0.29) is 12.2 Å². The number of benzene rings is 2. The molecule has 0 heterocycles. The van der Waals surface area contributed by atoms with E-state index in [9.17, 15) is 31.2 Å². The molecule has 1 atom stereocenters. The second-order valence-corrected chi connectivity index (χ2v) is 11.6. The lowest BCUT2D eigenvalue weighted by Gasteiger charge is -2.31.